The van der Waals surface area contributed by atoms with Crippen LogP contribution < -0.4 is 20.3 Å². The molecule has 0 bridgehead atoms. The van der Waals surface area contributed by atoms with Gasteiger partial charge in [-0.05, 0) is 19.1 Å². The third-order valence-corrected chi connectivity index (χ3v) is 4.99. The Bertz CT molecular complexity index is 700. The highest BCUT2D eigenvalue weighted by molar-refractivity contribution is 6.00. The van der Waals surface area contributed by atoms with Gasteiger partial charge in [-0.15, -0.1) is 0 Å². The van der Waals surface area contributed by atoms with Crippen LogP contribution in [0.2, 0.25) is 0 Å². The molecule has 4 amide bonds. The van der Waals surface area contributed by atoms with Crippen molar-refractivity contribution in [3.8, 4) is 5.75 Å². The lowest BCUT2D eigenvalue weighted by atomic mass is 9.94. The van der Waals surface area contributed by atoms with Crippen molar-refractivity contribution in [3.05, 3.63) is 24.3 Å². The minimum Gasteiger partial charge on any atom is -0.495 e. The molecule has 1 aromatic carbocycles. The van der Waals surface area contributed by atoms with Crippen molar-refractivity contribution in [2.24, 2.45) is 5.92 Å². The van der Waals surface area contributed by atoms with Gasteiger partial charge in [-0.3, -0.25) is 14.9 Å². The molecule has 2 atom stereocenters. The Hall–Kier alpha value is -2.77. The van der Waals surface area contributed by atoms with Gasteiger partial charge in [0.15, 0.2) is 0 Å². The smallest absolute Gasteiger partial charge is 0.321 e. The van der Waals surface area contributed by atoms with Crippen LogP contribution >= 0.6 is 0 Å². The normalized spacial score (nSPS) is 23.3. The van der Waals surface area contributed by atoms with E-state index < -0.39 is 11.9 Å². The maximum Gasteiger partial charge on any atom is 0.321 e. The molecule has 2 aliphatic rings. The standard InChI is InChI=1S/C18H24N4O4/c1-12-13(17(24)20-18(25)19-12)11-16(23)22-9-7-21(8-10-22)14-5-3-4-6-15(14)26-2/h3-6,12-13H,7-11H2,1-2H3,(H2,19,20,24,25). The van der Waals surface area contributed by atoms with E-state index in [4.69, 9.17) is 4.74 Å². The highest BCUT2D eigenvalue weighted by Crippen LogP contribution is 2.28. The van der Waals surface area contributed by atoms with E-state index in [0.717, 1.165) is 11.4 Å². The number of carbonyl (C=O) groups excluding carboxylic acids is 3. The molecule has 1 aromatic rings. The fourth-order valence-electron chi connectivity index (χ4n) is 3.45. The molecule has 0 spiro atoms. The minimum atomic E-state index is -0.535. The molecule has 0 radical (unpaired) electrons. The number of carbonyl (C=O) groups is 3. The summed E-state index contributed by atoms with van der Waals surface area (Å²) in [5.74, 6) is -0.168. The van der Waals surface area contributed by atoms with Gasteiger partial charge in [-0.1, -0.05) is 12.1 Å². The second-order valence-corrected chi connectivity index (χ2v) is 6.60. The number of para-hydroxylation sites is 2. The summed E-state index contributed by atoms with van der Waals surface area (Å²) >= 11 is 0. The number of imide groups is 1. The summed E-state index contributed by atoms with van der Waals surface area (Å²) in [5.41, 5.74) is 1.02. The van der Waals surface area contributed by atoms with E-state index in [9.17, 15) is 14.4 Å². The lowest BCUT2D eigenvalue weighted by Crippen LogP contribution is -2.58. The van der Waals surface area contributed by atoms with E-state index in [1.807, 2.05) is 24.3 Å². The van der Waals surface area contributed by atoms with E-state index in [1.165, 1.54) is 0 Å². The number of ether oxygens (including phenoxy) is 1. The van der Waals surface area contributed by atoms with Crippen molar-refractivity contribution < 1.29 is 19.1 Å². The molecule has 140 valence electrons. The first kappa shape index (κ1) is 18.0. The molecule has 2 heterocycles. The van der Waals surface area contributed by atoms with Gasteiger partial charge in [-0.25, -0.2) is 4.79 Å². The molecule has 2 fully saturated rings. The van der Waals surface area contributed by atoms with Crippen LogP contribution in [-0.4, -0.2) is 62.1 Å². The fourth-order valence-corrected chi connectivity index (χ4v) is 3.45. The van der Waals surface area contributed by atoms with E-state index in [1.54, 1.807) is 18.9 Å². The molecule has 2 unspecified atom stereocenters. The second-order valence-electron chi connectivity index (χ2n) is 6.60. The predicted molar refractivity (Wildman–Crippen MR) is 96.0 cm³/mol. The summed E-state index contributed by atoms with van der Waals surface area (Å²) in [6.07, 6.45) is 0.0991. The van der Waals surface area contributed by atoms with Crippen molar-refractivity contribution in [2.45, 2.75) is 19.4 Å². The summed E-state index contributed by atoms with van der Waals surface area (Å²) in [5, 5.41) is 4.87. The van der Waals surface area contributed by atoms with Gasteiger partial charge in [0.05, 0.1) is 18.7 Å². The van der Waals surface area contributed by atoms with Crippen LogP contribution in [-0.2, 0) is 9.59 Å². The first-order chi connectivity index (χ1) is 12.5. The Labute approximate surface area is 152 Å². The third-order valence-electron chi connectivity index (χ3n) is 4.99. The van der Waals surface area contributed by atoms with Gasteiger partial charge < -0.3 is 19.9 Å². The molecule has 8 heteroatoms. The lowest BCUT2D eigenvalue weighted by Gasteiger charge is -2.37. The maximum atomic E-state index is 12.6. The van der Waals surface area contributed by atoms with E-state index in [0.29, 0.717) is 26.2 Å². The minimum absolute atomic E-state index is 0.0622. The molecular weight excluding hydrogens is 336 g/mol. The van der Waals surface area contributed by atoms with Crippen molar-refractivity contribution in [3.63, 3.8) is 0 Å². The zero-order valence-electron chi connectivity index (χ0n) is 15.0. The van der Waals surface area contributed by atoms with Crippen molar-refractivity contribution in [1.82, 2.24) is 15.5 Å². The second kappa shape index (κ2) is 7.63. The summed E-state index contributed by atoms with van der Waals surface area (Å²) in [4.78, 5) is 39.8. The molecule has 26 heavy (non-hydrogen) atoms. The number of anilines is 1. The topological polar surface area (TPSA) is 91.0 Å². The molecule has 0 aromatic heterocycles. The van der Waals surface area contributed by atoms with Crippen LogP contribution in [0, 0.1) is 5.92 Å². The van der Waals surface area contributed by atoms with Gasteiger partial charge in [0.1, 0.15) is 5.75 Å². The largest absolute Gasteiger partial charge is 0.495 e. The Morgan fingerprint density at radius 3 is 2.54 bits per heavy atom. The monoisotopic (exact) mass is 360 g/mol. The highest BCUT2D eigenvalue weighted by atomic mass is 16.5. The number of nitrogens with zero attached hydrogens (tertiary/aromatic N) is 2. The van der Waals surface area contributed by atoms with Crippen LogP contribution in [0.5, 0.6) is 5.75 Å². The number of piperazine rings is 1. The third kappa shape index (κ3) is 3.74. The van der Waals surface area contributed by atoms with Crippen LogP contribution in [0.25, 0.3) is 0 Å². The predicted octanol–water partition coefficient (Wildman–Crippen LogP) is 0.578. The first-order valence-corrected chi connectivity index (χ1v) is 8.76. The molecule has 8 nitrogen and oxygen atoms in total. The molecule has 0 saturated carbocycles. The maximum absolute atomic E-state index is 12.6. The molecule has 3 rings (SSSR count). The van der Waals surface area contributed by atoms with E-state index in [2.05, 4.69) is 15.5 Å². The number of benzene rings is 1. The number of nitrogens with one attached hydrogen (secondary N) is 2. The number of hydrogen-bond donors (Lipinski definition) is 2. The number of hydrogen-bond acceptors (Lipinski definition) is 5. The Morgan fingerprint density at radius 2 is 1.88 bits per heavy atom. The number of urea groups is 1. The zero-order chi connectivity index (χ0) is 18.7. The van der Waals surface area contributed by atoms with E-state index >= 15 is 0 Å². The first-order valence-electron chi connectivity index (χ1n) is 8.76. The van der Waals surface area contributed by atoms with Crippen molar-refractivity contribution >= 4 is 23.5 Å². The van der Waals surface area contributed by atoms with Crippen LogP contribution in [0.1, 0.15) is 13.3 Å². The average Bonchev–Trinajstić information content (AvgIpc) is 2.64. The SMILES string of the molecule is COc1ccccc1N1CCN(C(=O)CC2C(=O)NC(=O)NC2C)CC1. The van der Waals surface area contributed by atoms with Gasteiger partial charge in [-0.2, -0.15) is 0 Å². The summed E-state index contributed by atoms with van der Waals surface area (Å²) < 4.78 is 5.40. The molecular formula is C18H24N4O4. The Morgan fingerprint density at radius 1 is 1.19 bits per heavy atom. The van der Waals surface area contributed by atoms with Crippen LogP contribution in [0.3, 0.4) is 0 Å². The number of rotatable bonds is 4. The molecule has 0 aliphatic carbocycles. The highest BCUT2D eigenvalue weighted by Gasteiger charge is 2.35. The molecule has 2 N–H and O–H groups in total. The average molecular weight is 360 g/mol. The number of methoxy groups -OCH3 is 1. The summed E-state index contributed by atoms with van der Waals surface area (Å²) in [6, 6.07) is 6.97. The molecule has 2 saturated heterocycles. The van der Waals surface area contributed by atoms with Crippen LogP contribution in [0.15, 0.2) is 24.3 Å². The Balaban J connectivity index is 1.57. The van der Waals surface area contributed by atoms with Crippen molar-refractivity contribution in [2.75, 3.05) is 38.2 Å². The summed E-state index contributed by atoms with van der Waals surface area (Å²) in [6.45, 7) is 4.33. The molecule has 2 aliphatic heterocycles. The van der Waals surface area contributed by atoms with Crippen LogP contribution in [0.4, 0.5) is 10.5 Å². The number of amides is 4. The fraction of sp³-hybridized carbons (Fsp3) is 0.500. The quantitative estimate of drug-likeness (QED) is 0.820. The van der Waals surface area contributed by atoms with Gasteiger partial charge in [0.25, 0.3) is 0 Å². The van der Waals surface area contributed by atoms with E-state index in [-0.39, 0.29) is 24.3 Å². The summed E-state index contributed by atoms with van der Waals surface area (Å²) in [7, 11) is 1.65. The van der Waals surface area contributed by atoms with Gasteiger partial charge in [0, 0.05) is 38.6 Å². The van der Waals surface area contributed by atoms with Crippen molar-refractivity contribution in [1.29, 1.82) is 0 Å². The van der Waals surface area contributed by atoms with Gasteiger partial charge in [0.2, 0.25) is 11.8 Å². The lowest BCUT2D eigenvalue weighted by molar-refractivity contribution is -0.137. The Kier molecular flexibility index (Phi) is 5.29. The zero-order valence-corrected chi connectivity index (χ0v) is 15.0. The van der Waals surface area contributed by atoms with Gasteiger partial charge >= 0.3 is 6.03 Å².